The average Bonchev–Trinajstić information content (AvgIpc) is 2.84. The predicted molar refractivity (Wildman–Crippen MR) is 71.6 cm³/mol. The number of aryl methyl sites for hydroxylation is 1. The molecule has 3 unspecified atom stereocenters. The second-order valence-corrected chi connectivity index (χ2v) is 6.83. The summed E-state index contributed by atoms with van der Waals surface area (Å²) in [4.78, 5) is 21.0. The van der Waals surface area contributed by atoms with E-state index in [-0.39, 0.29) is 16.9 Å². The monoisotopic (exact) mass is 275 g/mol. The van der Waals surface area contributed by atoms with Crippen LogP contribution in [0.25, 0.3) is 11.0 Å². The Morgan fingerprint density at radius 2 is 2.26 bits per heavy atom. The molecular formula is C13H13N3O2S. The van der Waals surface area contributed by atoms with Crippen molar-refractivity contribution in [3.05, 3.63) is 28.2 Å². The molecule has 5 nitrogen and oxygen atoms in total. The third kappa shape index (κ3) is 1.40. The molecule has 2 aliphatic rings. The summed E-state index contributed by atoms with van der Waals surface area (Å²) in [5, 5.41) is 1.20. The maximum atomic E-state index is 12.5. The lowest BCUT2D eigenvalue weighted by atomic mass is 10.2. The molecule has 19 heavy (non-hydrogen) atoms. The van der Waals surface area contributed by atoms with Crippen molar-refractivity contribution in [1.29, 1.82) is 0 Å². The molecule has 0 N–H and O–H groups in total. The lowest BCUT2D eigenvalue weighted by Gasteiger charge is -2.19. The van der Waals surface area contributed by atoms with Crippen LogP contribution in [-0.2, 0) is 10.8 Å². The van der Waals surface area contributed by atoms with Crippen molar-refractivity contribution in [3.63, 3.8) is 0 Å². The minimum atomic E-state index is -1.20. The summed E-state index contributed by atoms with van der Waals surface area (Å²) in [6, 6.07) is 1.82. The van der Waals surface area contributed by atoms with E-state index in [0.29, 0.717) is 16.4 Å². The van der Waals surface area contributed by atoms with Gasteiger partial charge in [-0.15, -0.1) is 0 Å². The quantitative estimate of drug-likeness (QED) is 0.680. The second kappa shape index (κ2) is 3.72. The molecule has 0 aromatic carbocycles. The van der Waals surface area contributed by atoms with Crippen LogP contribution in [0.15, 0.2) is 22.2 Å². The summed E-state index contributed by atoms with van der Waals surface area (Å²) in [5.41, 5.74) is 1.33. The summed E-state index contributed by atoms with van der Waals surface area (Å²) < 4.78 is 14.3. The standard InChI is InChI=1S/C13H13N3O2S/c1-7-5-8-6-14-13-15-11(8)16(12(7)17)9-3-2-4-10(9)19(13)18/h5-6,9-10H,2-4H2,1H3. The van der Waals surface area contributed by atoms with Gasteiger partial charge in [0.1, 0.15) is 5.65 Å². The number of aromatic nitrogens is 3. The molecule has 3 atom stereocenters. The largest absolute Gasteiger partial charge is 0.288 e. The number of rotatable bonds is 0. The van der Waals surface area contributed by atoms with Crippen LogP contribution >= 0.6 is 0 Å². The Morgan fingerprint density at radius 1 is 1.42 bits per heavy atom. The van der Waals surface area contributed by atoms with Crippen molar-refractivity contribution >= 4 is 21.8 Å². The molecule has 2 aromatic heterocycles. The van der Waals surface area contributed by atoms with Crippen LogP contribution in [0.1, 0.15) is 30.9 Å². The Kier molecular flexibility index (Phi) is 2.21. The molecule has 1 fully saturated rings. The van der Waals surface area contributed by atoms with Crippen molar-refractivity contribution in [2.75, 3.05) is 0 Å². The van der Waals surface area contributed by atoms with Crippen molar-refractivity contribution in [3.8, 4) is 0 Å². The van der Waals surface area contributed by atoms with E-state index < -0.39 is 10.8 Å². The zero-order chi connectivity index (χ0) is 13.1. The number of pyridine rings is 1. The highest BCUT2D eigenvalue weighted by Crippen LogP contribution is 2.37. The van der Waals surface area contributed by atoms with Crippen LogP contribution in [-0.4, -0.2) is 24.0 Å². The Bertz CT molecular complexity index is 783. The molecule has 0 saturated heterocycles. The highest BCUT2D eigenvalue weighted by molar-refractivity contribution is 7.85. The molecule has 0 amide bonds. The van der Waals surface area contributed by atoms with E-state index in [2.05, 4.69) is 9.97 Å². The Balaban J connectivity index is 2.18. The van der Waals surface area contributed by atoms with Gasteiger partial charge in [-0.05, 0) is 25.8 Å². The summed E-state index contributed by atoms with van der Waals surface area (Å²) in [5.74, 6) is 0. The summed E-state index contributed by atoms with van der Waals surface area (Å²) in [7, 11) is -1.20. The van der Waals surface area contributed by atoms with Gasteiger partial charge < -0.3 is 0 Å². The Morgan fingerprint density at radius 3 is 3.11 bits per heavy atom. The van der Waals surface area contributed by atoms with Gasteiger partial charge in [-0.2, -0.15) is 0 Å². The Labute approximate surface area is 112 Å². The zero-order valence-corrected chi connectivity index (χ0v) is 11.3. The predicted octanol–water partition coefficient (Wildman–Crippen LogP) is 1.31. The van der Waals surface area contributed by atoms with E-state index in [1.54, 1.807) is 10.8 Å². The van der Waals surface area contributed by atoms with Crippen LogP contribution in [0.2, 0.25) is 0 Å². The van der Waals surface area contributed by atoms with Gasteiger partial charge in [0.2, 0.25) is 5.16 Å². The first-order chi connectivity index (χ1) is 9.16. The SMILES string of the molecule is Cc1cc2cnc3nc2n(c1=O)C1CCCC1S3=O. The van der Waals surface area contributed by atoms with Gasteiger partial charge in [0, 0.05) is 17.1 Å². The molecule has 6 heteroatoms. The molecular weight excluding hydrogens is 262 g/mol. The van der Waals surface area contributed by atoms with Crippen LogP contribution in [0.5, 0.6) is 0 Å². The topological polar surface area (TPSA) is 64.8 Å². The van der Waals surface area contributed by atoms with Crippen molar-refractivity contribution in [1.82, 2.24) is 14.5 Å². The molecule has 1 aliphatic heterocycles. The molecule has 98 valence electrons. The first-order valence-electron chi connectivity index (χ1n) is 6.46. The van der Waals surface area contributed by atoms with Crippen molar-refractivity contribution in [2.45, 2.75) is 42.6 Å². The number of hydrogen-bond donors (Lipinski definition) is 0. The van der Waals surface area contributed by atoms with E-state index in [1.807, 2.05) is 13.0 Å². The van der Waals surface area contributed by atoms with Gasteiger partial charge in [0.15, 0.2) is 0 Å². The minimum Gasteiger partial charge on any atom is -0.288 e. The van der Waals surface area contributed by atoms with Gasteiger partial charge >= 0.3 is 0 Å². The van der Waals surface area contributed by atoms with E-state index in [9.17, 15) is 9.00 Å². The molecule has 1 aliphatic carbocycles. The lowest BCUT2D eigenvalue weighted by Crippen LogP contribution is -2.31. The van der Waals surface area contributed by atoms with Crippen molar-refractivity contribution < 1.29 is 4.21 Å². The smallest absolute Gasteiger partial charge is 0.255 e. The fraction of sp³-hybridized carbons (Fsp3) is 0.462. The maximum Gasteiger partial charge on any atom is 0.255 e. The third-order valence-electron chi connectivity index (χ3n) is 4.13. The maximum absolute atomic E-state index is 12.5. The lowest BCUT2D eigenvalue weighted by molar-refractivity contribution is 0.518. The minimum absolute atomic E-state index is 0.00457. The van der Waals surface area contributed by atoms with E-state index in [0.717, 1.165) is 24.6 Å². The van der Waals surface area contributed by atoms with Crippen LogP contribution < -0.4 is 5.56 Å². The normalized spacial score (nSPS) is 28.6. The van der Waals surface area contributed by atoms with Gasteiger partial charge in [-0.1, -0.05) is 6.42 Å². The van der Waals surface area contributed by atoms with E-state index >= 15 is 0 Å². The first kappa shape index (κ1) is 11.3. The van der Waals surface area contributed by atoms with Gasteiger partial charge in [-0.3, -0.25) is 13.6 Å². The molecule has 4 rings (SSSR count). The summed E-state index contributed by atoms with van der Waals surface area (Å²) >= 11 is 0. The number of nitrogens with zero attached hydrogens (tertiary/aromatic N) is 3. The number of hydrogen-bond acceptors (Lipinski definition) is 4. The van der Waals surface area contributed by atoms with E-state index in [4.69, 9.17) is 0 Å². The fourth-order valence-corrected chi connectivity index (χ4v) is 4.76. The zero-order valence-electron chi connectivity index (χ0n) is 10.5. The molecule has 2 aromatic rings. The number of fused-ring (bicyclic) bond motifs is 3. The van der Waals surface area contributed by atoms with Crippen LogP contribution in [0.4, 0.5) is 0 Å². The molecule has 2 bridgehead atoms. The third-order valence-corrected chi connectivity index (χ3v) is 5.79. The average molecular weight is 275 g/mol. The molecule has 3 heterocycles. The van der Waals surface area contributed by atoms with Gasteiger partial charge in [0.25, 0.3) is 5.56 Å². The Hall–Kier alpha value is -1.56. The van der Waals surface area contributed by atoms with Crippen LogP contribution in [0, 0.1) is 6.92 Å². The molecule has 0 spiro atoms. The summed E-state index contributed by atoms with van der Waals surface area (Å²) in [6.45, 7) is 1.81. The van der Waals surface area contributed by atoms with Gasteiger partial charge in [0.05, 0.1) is 22.1 Å². The fourth-order valence-electron chi connectivity index (χ4n) is 3.23. The second-order valence-electron chi connectivity index (χ2n) is 5.27. The highest BCUT2D eigenvalue weighted by atomic mass is 32.2. The molecule has 1 saturated carbocycles. The van der Waals surface area contributed by atoms with Crippen molar-refractivity contribution in [2.24, 2.45) is 0 Å². The first-order valence-corrected chi connectivity index (χ1v) is 7.67. The highest BCUT2D eigenvalue weighted by Gasteiger charge is 2.38. The molecule has 0 radical (unpaired) electrons. The summed E-state index contributed by atoms with van der Waals surface area (Å²) in [6.07, 6.45) is 4.46. The van der Waals surface area contributed by atoms with Crippen LogP contribution in [0.3, 0.4) is 0 Å². The van der Waals surface area contributed by atoms with E-state index in [1.165, 1.54) is 0 Å². The van der Waals surface area contributed by atoms with Gasteiger partial charge in [-0.25, -0.2) is 9.97 Å².